The number of nitrogens with zero attached hydrogens (tertiary/aromatic N) is 4. The fraction of sp³-hybridized carbons (Fsp3) is 0.375. The monoisotopic (exact) mass is 312 g/mol. The van der Waals surface area contributed by atoms with E-state index in [9.17, 15) is 0 Å². The summed E-state index contributed by atoms with van der Waals surface area (Å²) in [6, 6.07) is 9.73. The van der Waals surface area contributed by atoms with Crippen LogP contribution in [0.1, 0.15) is 29.9 Å². The average Bonchev–Trinajstić information content (AvgIpc) is 3.33. The first-order valence-electron chi connectivity index (χ1n) is 7.67. The van der Waals surface area contributed by atoms with Gasteiger partial charge in [-0.3, -0.25) is 0 Å². The molecule has 1 unspecified atom stereocenters. The smallest absolute Gasteiger partial charge is 0.227 e. The van der Waals surface area contributed by atoms with Crippen LogP contribution < -0.4 is 0 Å². The molecule has 2 aromatic heterocycles. The molecular weight excluding hydrogens is 296 g/mol. The van der Waals surface area contributed by atoms with Crippen LogP contribution in [0.15, 0.2) is 39.4 Å². The van der Waals surface area contributed by atoms with Crippen molar-refractivity contribution in [1.82, 2.24) is 20.3 Å². The molecule has 23 heavy (non-hydrogen) atoms. The Bertz CT molecular complexity index is 762. The molecule has 1 atom stereocenters. The lowest BCUT2D eigenvalue weighted by Crippen LogP contribution is -2.00. The lowest BCUT2D eigenvalue weighted by Gasteiger charge is -1.97. The van der Waals surface area contributed by atoms with E-state index >= 15 is 0 Å². The molecule has 7 nitrogen and oxygen atoms in total. The van der Waals surface area contributed by atoms with Gasteiger partial charge in [-0.2, -0.15) is 9.97 Å². The summed E-state index contributed by atoms with van der Waals surface area (Å²) in [5.41, 5.74) is 0.934. The number of hydrogen-bond acceptors (Lipinski definition) is 7. The van der Waals surface area contributed by atoms with E-state index in [2.05, 4.69) is 20.3 Å². The van der Waals surface area contributed by atoms with Gasteiger partial charge in [-0.05, 0) is 6.42 Å². The minimum atomic E-state index is 0.251. The van der Waals surface area contributed by atoms with Crippen molar-refractivity contribution in [1.29, 1.82) is 0 Å². The van der Waals surface area contributed by atoms with Crippen molar-refractivity contribution in [3.8, 4) is 11.4 Å². The molecule has 1 fully saturated rings. The van der Waals surface area contributed by atoms with Crippen LogP contribution in [0, 0.1) is 0 Å². The van der Waals surface area contributed by atoms with Crippen LogP contribution in [0.25, 0.3) is 11.4 Å². The van der Waals surface area contributed by atoms with Gasteiger partial charge in [-0.1, -0.05) is 40.6 Å². The molecule has 0 N–H and O–H groups in total. The van der Waals surface area contributed by atoms with Gasteiger partial charge in [0.05, 0.1) is 6.61 Å². The van der Waals surface area contributed by atoms with E-state index in [0.29, 0.717) is 37.1 Å². The molecule has 1 aliphatic rings. The molecule has 118 valence electrons. The summed E-state index contributed by atoms with van der Waals surface area (Å²) in [7, 11) is 0. The zero-order chi connectivity index (χ0) is 15.5. The second kappa shape index (κ2) is 6.29. The van der Waals surface area contributed by atoms with Crippen molar-refractivity contribution < 1.29 is 13.8 Å². The fourth-order valence-corrected chi connectivity index (χ4v) is 2.55. The first-order chi connectivity index (χ1) is 11.4. The molecule has 7 heteroatoms. The number of hydrogen-bond donors (Lipinski definition) is 0. The minimum absolute atomic E-state index is 0.251. The maximum atomic E-state index is 5.34. The fourth-order valence-electron chi connectivity index (χ4n) is 2.55. The summed E-state index contributed by atoms with van der Waals surface area (Å²) >= 11 is 0. The third-order valence-corrected chi connectivity index (χ3v) is 3.83. The van der Waals surface area contributed by atoms with Gasteiger partial charge in [0.2, 0.25) is 17.6 Å². The number of aryl methyl sites for hydroxylation is 2. The molecule has 4 rings (SSSR count). The number of benzene rings is 1. The summed E-state index contributed by atoms with van der Waals surface area (Å²) in [6.45, 7) is 1.43. The number of ether oxygens (including phenoxy) is 1. The highest BCUT2D eigenvalue weighted by Crippen LogP contribution is 2.22. The third kappa shape index (κ3) is 3.14. The van der Waals surface area contributed by atoms with Gasteiger partial charge in [0.1, 0.15) is 0 Å². The van der Waals surface area contributed by atoms with Crippen LogP contribution in [-0.2, 0) is 17.6 Å². The Kier molecular flexibility index (Phi) is 3.85. The molecule has 0 saturated carbocycles. The second-order valence-corrected chi connectivity index (χ2v) is 5.48. The van der Waals surface area contributed by atoms with Crippen LogP contribution in [0.4, 0.5) is 0 Å². The van der Waals surface area contributed by atoms with Crippen LogP contribution in [-0.4, -0.2) is 33.5 Å². The van der Waals surface area contributed by atoms with Gasteiger partial charge in [-0.15, -0.1) is 0 Å². The summed E-state index contributed by atoms with van der Waals surface area (Å²) in [4.78, 5) is 8.82. The Hall–Kier alpha value is -2.54. The minimum Gasteiger partial charge on any atom is -0.381 e. The molecule has 1 aliphatic heterocycles. The van der Waals surface area contributed by atoms with Crippen molar-refractivity contribution >= 4 is 0 Å². The van der Waals surface area contributed by atoms with Crippen LogP contribution in [0.2, 0.25) is 0 Å². The summed E-state index contributed by atoms with van der Waals surface area (Å²) in [5.74, 6) is 2.72. The highest BCUT2D eigenvalue weighted by Gasteiger charge is 2.23. The Labute approximate surface area is 132 Å². The normalized spacial score (nSPS) is 17.7. The predicted octanol–water partition coefficient (Wildman–Crippen LogP) is 2.41. The van der Waals surface area contributed by atoms with Crippen LogP contribution in [0.5, 0.6) is 0 Å². The van der Waals surface area contributed by atoms with E-state index in [1.54, 1.807) is 0 Å². The van der Waals surface area contributed by atoms with Gasteiger partial charge in [0.25, 0.3) is 0 Å². The van der Waals surface area contributed by atoms with Crippen molar-refractivity contribution in [2.75, 3.05) is 13.2 Å². The highest BCUT2D eigenvalue weighted by molar-refractivity contribution is 5.53. The molecule has 3 heterocycles. The van der Waals surface area contributed by atoms with Crippen LogP contribution in [0.3, 0.4) is 0 Å². The van der Waals surface area contributed by atoms with Gasteiger partial charge in [0, 0.05) is 30.9 Å². The van der Waals surface area contributed by atoms with E-state index in [4.69, 9.17) is 13.8 Å². The standard InChI is InChI=1S/C16H16N4O3/c1-2-4-11(5-3-1)15-17-13(22-19-15)6-7-14-18-16(20-23-14)12-8-9-21-10-12/h1-5,12H,6-10H2. The maximum absolute atomic E-state index is 5.34. The first kappa shape index (κ1) is 14.1. The van der Waals surface area contributed by atoms with Gasteiger partial charge >= 0.3 is 0 Å². The third-order valence-electron chi connectivity index (χ3n) is 3.83. The van der Waals surface area contributed by atoms with Gasteiger partial charge in [-0.25, -0.2) is 0 Å². The SMILES string of the molecule is c1ccc(-c2noc(CCc3nc(C4CCOC4)no3)n2)cc1. The average molecular weight is 312 g/mol. The number of aromatic nitrogens is 4. The van der Waals surface area contributed by atoms with Crippen molar-refractivity contribution in [3.63, 3.8) is 0 Å². The molecule has 0 aliphatic carbocycles. The van der Waals surface area contributed by atoms with E-state index in [-0.39, 0.29) is 5.92 Å². The molecule has 1 aromatic carbocycles. The van der Waals surface area contributed by atoms with Gasteiger partial charge < -0.3 is 13.8 Å². The van der Waals surface area contributed by atoms with Gasteiger partial charge in [0.15, 0.2) is 5.82 Å². The molecule has 3 aromatic rings. The topological polar surface area (TPSA) is 87.1 Å². The zero-order valence-electron chi connectivity index (χ0n) is 12.5. The number of rotatable bonds is 5. The van der Waals surface area contributed by atoms with Crippen LogP contribution >= 0.6 is 0 Å². The maximum Gasteiger partial charge on any atom is 0.227 e. The first-order valence-corrected chi connectivity index (χ1v) is 7.67. The molecule has 1 saturated heterocycles. The summed E-state index contributed by atoms with van der Waals surface area (Å²) in [5, 5.41) is 8.03. The molecule has 0 spiro atoms. The molecule has 0 bridgehead atoms. The van der Waals surface area contributed by atoms with E-state index in [0.717, 1.165) is 24.4 Å². The summed E-state index contributed by atoms with van der Waals surface area (Å²) in [6.07, 6.45) is 2.10. The largest absolute Gasteiger partial charge is 0.381 e. The Morgan fingerprint density at radius 1 is 0.957 bits per heavy atom. The Morgan fingerprint density at radius 3 is 2.52 bits per heavy atom. The Balaban J connectivity index is 1.39. The predicted molar refractivity (Wildman–Crippen MR) is 79.6 cm³/mol. The lowest BCUT2D eigenvalue weighted by atomic mass is 10.1. The van der Waals surface area contributed by atoms with E-state index in [1.165, 1.54) is 0 Å². The molecule has 0 amide bonds. The zero-order valence-corrected chi connectivity index (χ0v) is 12.5. The Morgan fingerprint density at radius 2 is 1.74 bits per heavy atom. The lowest BCUT2D eigenvalue weighted by molar-refractivity contribution is 0.192. The quantitative estimate of drug-likeness (QED) is 0.715. The van der Waals surface area contributed by atoms with Crippen molar-refractivity contribution in [2.24, 2.45) is 0 Å². The van der Waals surface area contributed by atoms with E-state index in [1.807, 2.05) is 30.3 Å². The van der Waals surface area contributed by atoms with E-state index < -0.39 is 0 Å². The van der Waals surface area contributed by atoms with Crippen molar-refractivity contribution in [3.05, 3.63) is 47.9 Å². The molecular formula is C16H16N4O3. The molecule has 0 radical (unpaired) electrons. The highest BCUT2D eigenvalue weighted by atomic mass is 16.5. The summed E-state index contributed by atoms with van der Waals surface area (Å²) < 4.78 is 15.9. The van der Waals surface area contributed by atoms with Crippen molar-refractivity contribution in [2.45, 2.75) is 25.2 Å². The second-order valence-electron chi connectivity index (χ2n) is 5.48.